The van der Waals surface area contributed by atoms with Crippen molar-refractivity contribution in [3.63, 3.8) is 0 Å². The molecule has 0 saturated carbocycles. The Labute approximate surface area is 151 Å². The van der Waals surface area contributed by atoms with Gasteiger partial charge in [0.25, 0.3) is 5.91 Å². The van der Waals surface area contributed by atoms with Gasteiger partial charge in [0.15, 0.2) is 0 Å². The minimum absolute atomic E-state index is 0.134. The van der Waals surface area contributed by atoms with Crippen LogP contribution in [-0.2, 0) is 4.79 Å². The summed E-state index contributed by atoms with van der Waals surface area (Å²) in [6.45, 7) is 4.07. The summed E-state index contributed by atoms with van der Waals surface area (Å²) in [7, 11) is 0. The maximum atomic E-state index is 12.0. The van der Waals surface area contributed by atoms with E-state index in [0.717, 1.165) is 0 Å². The van der Waals surface area contributed by atoms with Gasteiger partial charge in [0.2, 0.25) is 5.91 Å². The first-order valence-electron chi connectivity index (χ1n) is 7.50. The van der Waals surface area contributed by atoms with Crippen LogP contribution in [0, 0.1) is 0 Å². The molecule has 0 aliphatic carbocycles. The van der Waals surface area contributed by atoms with Crippen LogP contribution in [0.4, 0.5) is 5.69 Å². The van der Waals surface area contributed by atoms with E-state index in [1.165, 1.54) is 17.7 Å². The van der Waals surface area contributed by atoms with Crippen LogP contribution in [-0.4, -0.2) is 18.4 Å². The van der Waals surface area contributed by atoms with Crippen molar-refractivity contribution in [1.82, 2.24) is 5.32 Å². The quantitative estimate of drug-likeness (QED) is 0.821. The second-order valence-electron chi connectivity index (χ2n) is 5.64. The van der Waals surface area contributed by atoms with Crippen molar-refractivity contribution in [3.8, 4) is 0 Å². The van der Waals surface area contributed by atoms with E-state index in [2.05, 4.69) is 24.5 Å². The average molecular weight is 365 g/mol. The van der Waals surface area contributed by atoms with E-state index in [1.54, 1.807) is 6.07 Å². The fraction of sp³-hybridized carbons (Fsp3) is 0.222. The van der Waals surface area contributed by atoms with E-state index in [4.69, 9.17) is 23.2 Å². The maximum absolute atomic E-state index is 12.0. The molecule has 0 fully saturated rings. The molecule has 0 unspecified atom stereocenters. The Morgan fingerprint density at radius 2 is 1.67 bits per heavy atom. The number of amides is 2. The smallest absolute Gasteiger partial charge is 0.251 e. The number of hydrogen-bond acceptors (Lipinski definition) is 2. The molecular weight excluding hydrogens is 347 g/mol. The highest BCUT2D eigenvalue weighted by Crippen LogP contribution is 2.22. The summed E-state index contributed by atoms with van der Waals surface area (Å²) < 4.78 is 0. The summed E-state index contributed by atoms with van der Waals surface area (Å²) in [4.78, 5) is 23.9. The second kappa shape index (κ2) is 8.18. The first-order chi connectivity index (χ1) is 11.4. The number of hydrogen-bond donors (Lipinski definition) is 2. The Hall–Kier alpha value is -2.04. The number of benzene rings is 2. The lowest BCUT2D eigenvalue weighted by Gasteiger charge is -2.09. The summed E-state index contributed by atoms with van der Waals surface area (Å²) in [6.07, 6.45) is 0. The molecule has 0 atom stereocenters. The number of carbonyl (C=O) groups excluding carboxylic acids is 2. The van der Waals surface area contributed by atoms with Crippen molar-refractivity contribution in [2.45, 2.75) is 19.8 Å². The van der Waals surface area contributed by atoms with Gasteiger partial charge in [-0.15, -0.1) is 0 Å². The average Bonchev–Trinajstić information content (AvgIpc) is 2.55. The van der Waals surface area contributed by atoms with Gasteiger partial charge < -0.3 is 10.6 Å². The topological polar surface area (TPSA) is 58.2 Å². The zero-order chi connectivity index (χ0) is 17.7. The summed E-state index contributed by atoms with van der Waals surface area (Å²) in [5.41, 5.74) is 2.23. The third-order valence-electron chi connectivity index (χ3n) is 3.45. The third kappa shape index (κ3) is 4.98. The molecule has 0 bridgehead atoms. The molecule has 0 aromatic heterocycles. The molecular formula is C18H18Cl2N2O2. The van der Waals surface area contributed by atoms with Gasteiger partial charge in [-0.1, -0.05) is 49.2 Å². The number of halogens is 2. The van der Waals surface area contributed by atoms with Crippen LogP contribution in [0.15, 0.2) is 42.5 Å². The predicted molar refractivity (Wildman–Crippen MR) is 98.0 cm³/mol. The Balaban J connectivity index is 1.88. The molecule has 0 radical (unpaired) electrons. The lowest BCUT2D eigenvalue weighted by atomic mass is 10.0. The van der Waals surface area contributed by atoms with Crippen molar-refractivity contribution >= 4 is 40.7 Å². The highest BCUT2D eigenvalue weighted by atomic mass is 35.5. The van der Waals surface area contributed by atoms with E-state index in [-0.39, 0.29) is 18.4 Å². The van der Waals surface area contributed by atoms with Gasteiger partial charge in [0.1, 0.15) is 0 Å². The highest BCUT2D eigenvalue weighted by Gasteiger charge is 2.10. The SMILES string of the molecule is CC(C)c1ccc(NC(=O)CNC(=O)c2ccc(Cl)c(Cl)c2)cc1. The van der Waals surface area contributed by atoms with Crippen molar-refractivity contribution in [2.75, 3.05) is 11.9 Å². The Morgan fingerprint density at radius 1 is 1.00 bits per heavy atom. The van der Waals surface area contributed by atoms with Gasteiger partial charge in [0.05, 0.1) is 16.6 Å². The number of carbonyl (C=O) groups is 2. The minimum Gasteiger partial charge on any atom is -0.343 e. The first kappa shape index (κ1) is 18.3. The van der Waals surface area contributed by atoms with Gasteiger partial charge in [-0.3, -0.25) is 9.59 Å². The molecule has 0 aliphatic heterocycles. The number of rotatable bonds is 5. The molecule has 2 aromatic rings. The summed E-state index contributed by atoms with van der Waals surface area (Å²) >= 11 is 11.7. The number of nitrogens with one attached hydrogen (secondary N) is 2. The summed E-state index contributed by atoms with van der Waals surface area (Å²) in [6, 6.07) is 12.2. The molecule has 2 aromatic carbocycles. The maximum Gasteiger partial charge on any atom is 0.251 e. The molecule has 2 N–H and O–H groups in total. The van der Waals surface area contributed by atoms with E-state index in [9.17, 15) is 9.59 Å². The van der Waals surface area contributed by atoms with Gasteiger partial charge in [-0.2, -0.15) is 0 Å². The highest BCUT2D eigenvalue weighted by molar-refractivity contribution is 6.42. The van der Waals surface area contributed by atoms with E-state index < -0.39 is 0 Å². The molecule has 24 heavy (non-hydrogen) atoms. The van der Waals surface area contributed by atoms with E-state index in [1.807, 2.05) is 24.3 Å². The van der Waals surface area contributed by atoms with Gasteiger partial charge in [-0.25, -0.2) is 0 Å². The molecule has 6 heteroatoms. The summed E-state index contributed by atoms with van der Waals surface area (Å²) in [5.74, 6) is -0.264. The molecule has 2 rings (SSSR count). The largest absolute Gasteiger partial charge is 0.343 e. The third-order valence-corrected chi connectivity index (χ3v) is 4.19. The van der Waals surface area contributed by atoms with Crippen LogP contribution < -0.4 is 10.6 Å². The lowest BCUT2D eigenvalue weighted by molar-refractivity contribution is -0.115. The van der Waals surface area contributed by atoms with Crippen LogP contribution in [0.3, 0.4) is 0 Å². The van der Waals surface area contributed by atoms with Crippen LogP contribution in [0.1, 0.15) is 35.7 Å². The van der Waals surface area contributed by atoms with Crippen LogP contribution >= 0.6 is 23.2 Å². The minimum atomic E-state index is -0.390. The van der Waals surface area contributed by atoms with Gasteiger partial charge >= 0.3 is 0 Å². The monoisotopic (exact) mass is 364 g/mol. The van der Waals surface area contributed by atoms with Crippen molar-refractivity contribution in [2.24, 2.45) is 0 Å². The summed E-state index contributed by atoms with van der Waals surface area (Å²) in [5, 5.41) is 5.94. The molecule has 0 heterocycles. The molecule has 0 aliphatic rings. The molecule has 0 spiro atoms. The van der Waals surface area contributed by atoms with Crippen LogP contribution in [0.5, 0.6) is 0 Å². The normalized spacial score (nSPS) is 10.5. The lowest BCUT2D eigenvalue weighted by Crippen LogP contribution is -2.32. The van der Waals surface area contributed by atoms with Gasteiger partial charge in [0, 0.05) is 11.3 Å². The zero-order valence-electron chi connectivity index (χ0n) is 13.4. The Kier molecular flexibility index (Phi) is 6.23. The fourth-order valence-electron chi connectivity index (χ4n) is 2.06. The van der Waals surface area contributed by atoms with Gasteiger partial charge in [-0.05, 0) is 41.8 Å². The van der Waals surface area contributed by atoms with Crippen LogP contribution in [0.25, 0.3) is 0 Å². The zero-order valence-corrected chi connectivity index (χ0v) is 14.9. The molecule has 4 nitrogen and oxygen atoms in total. The Morgan fingerprint density at radius 3 is 2.25 bits per heavy atom. The van der Waals surface area contributed by atoms with Crippen molar-refractivity contribution < 1.29 is 9.59 Å². The predicted octanol–water partition coefficient (Wildman–Crippen LogP) is 4.49. The van der Waals surface area contributed by atoms with Crippen molar-refractivity contribution in [1.29, 1.82) is 0 Å². The van der Waals surface area contributed by atoms with Crippen LogP contribution in [0.2, 0.25) is 10.0 Å². The number of anilines is 1. The Bertz CT molecular complexity index is 743. The first-order valence-corrected chi connectivity index (χ1v) is 8.25. The molecule has 126 valence electrons. The van der Waals surface area contributed by atoms with Crippen molar-refractivity contribution in [3.05, 3.63) is 63.6 Å². The molecule has 0 saturated heterocycles. The van der Waals surface area contributed by atoms with E-state index >= 15 is 0 Å². The standard InChI is InChI=1S/C18H18Cl2N2O2/c1-11(2)12-3-6-14(7-4-12)22-17(23)10-21-18(24)13-5-8-15(19)16(20)9-13/h3-9,11H,10H2,1-2H3,(H,21,24)(H,22,23). The molecule has 2 amide bonds. The fourth-order valence-corrected chi connectivity index (χ4v) is 2.35. The van der Waals surface area contributed by atoms with E-state index in [0.29, 0.717) is 27.2 Å². The second-order valence-corrected chi connectivity index (χ2v) is 6.45.